The molecule has 0 aliphatic rings. The highest BCUT2D eigenvalue weighted by molar-refractivity contribution is 5.82. The molecule has 1 aromatic heterocycles. The molecule has 0 bridgehead atoms. The lowest BCUT2D eigenvalue weighted by atomic mass is 10.1. The molecule has 4 nitrogen and oxygen atoms in total. The minimum atomic E-state index is -4.51. The summed E-state index contributed by atoms with van der Waals surface area (Å²) in [5, 5.41) is 4.56. The first-order chi connectivity index (χ1) is 13.9. The second kappa shape index (κ2) is 7.35. The second-order valence-corrected chi connectivity index (χ2v) is 6.30. The van der Waals surface area contributed by atoms with Gasteiger partial charge in [-0.1, -0.05) is 54.6 Å². The third-order valence-corrected chi connectivity index (χ3v) is 4.32. The molecule has 0 saturated carbocycles. The predicted octanol–water partition coefficient (Wildman–Crippen LogP) is 4.96. The molecule has 29 heavy (non-hydrogen) atoms. The van der Waals surface area contributed by atoms with Crippen molar-refractivity contribution in [2.45, 2.75) is 6.18 Å². The Morgan fingerprint density at radius 3 is 2.38 bits per heavy atom. The minimum absolute atomic E-state index is 0.0342. The summed E-state index contributed by atoms with van der Waals surface area (Å²) in [5.41, 5.74) is -0.0160. The molecule has 0 aliphatic heterocycles. The van der Waals surface area contributed by atoms with Gasteiger partial charge >= 0.3 is 6.18 Å². The van der Waals surface area contributed by atoms with E-state index in [0.717, 1.165) is 22.4 Å². The van der Waals surface area contributed by atoms with Gasteiger partial charge in [-0.2, -0.15) is 22.9 Å². The van der Waals surface area contributed by atoms with Crippen molar-refractivity contribution in [2.75, 3.05) is 0 Å². The minimum Gasteiger partial charge on any atom is -0.267 e. The fourth-order valence-electron chi connectivity index (χ4n) is 2.92. The normalized spacial score (nSPS) is 12.0. The van der Waals surface area contributed by atoms with Crippen LogP contribution in [0.5, 0.6) is 0 Å². The monoisotopic (exact) mass is 393 g/mol. The zero-order valence-corrected chi connectivity index (χ0v) is 15.0. The van der Waals surface area contributed by atoms with Gasteiger partial charge < -0.3 is 0 Å². The summed E-state index contributed by atoms with van der Waals surface area (Å²) in [6.07, 6.45) is -3.04. The van der Waals surface area contributed by atoms with Crippen molar-refractivity contribution in [1.82, 2.24) is 9.66 Å². The van der Waals surface area contributed by atoms with Crippen molar-refractivity contribution in [2.24, 2.45) is 5.10 Å². The zero-order valence-electron chi connectivity index (χ0n) is 15.0. The third-order valence-electron chi connectivity index (χ3n) is 4.32. The molecule has 7 heteroatoms. The molecule has 0 atom stereocenters. The number of alkyl halides is 3. The van der Waals surface area contributed by atoms with Crippen molar-refractivity contribution < 1.29 is 13.2 Å². The molecule has 144 valence electrons. The molecule has 0 spiro atoms. The van der Waals surface area contributed by atoms with Crippen molar-refractivity contribution in [3.8, 4) is 11.4 Å². The number of halogens is 3. The highest BCUT2D eigenvalue weighted by Gasteiger charge is 2.30. The maximum absolute atomic E-state index is 13.2. The van der Waals surface area contributed by atoms with Crippen LogP contribution < -0.4 is 5.56 Å². The highest BCUT2D eigenvalue weighted by atomic mass is 19.4. The first-order valence-electron chi connectivity index (χ1n) is 8.72. The Morgan fingerprint density at radius 1 is 0.897 bits per heavy atom. The van der Waals surface area contributed by atoms with E-state index in [-0.39, 0.29) is 11.4 Å². The number of aromatic nitrogens is 2. The summed E-state index contributed by atoms with van der Waals surface area (Å²) < 4.78 is 40.5. The van der Waals surface area contributed by atoms with Crippen LogP contribution in [0.15, 0.2) is 88.8 Å². The molecular formula is C22H14F3N3O. The van der Waals surface area contributed by atoms with Crippen LogP contribution in [0.2, 0.25) is 0 Å². The number of nitrogens with zero attached hydrogens (tertiary/aromatic N) is 3. The van der Waals surface area contributed by atoms with Crippen LogP contribution >= 0.6 is 0 Å². The van der Waals surface area contributed by atoms with Gasteiger partial charge in [0, 0.05) is 5.56 Å². The third kappa shape index (κ3) is 3.80. The molecule has 3 aromatic carbocycles. The van der Waals surface area contributed by atoms with E-state index in [9.17, 15) is 18.0 Å². The number of hydrogen-bond donors (Lipinski definition) is 0. The van der Waals surface area contributed by atoms with E-state index in [4.69, 9.17) is 0 Å². The van der Waals surface area contributed by atoms with Crippen LogP contribution in [0.1, 0.15) is 11.1 Å². The Kier molecular flexibility index (Phi) is 4.72. The van der Waals surface area contributed by atoms with E-state index in [1.807, 2.05) is 18.2 Å². The van der Waals surface area contributed by atoms with Gasteiger partial charge in [0.25, 0.3) is 5.56 Å². The van der Waals surface area contributed by atoms with E-state index in [0.29, 0.717) is 10.9 Å². The number of para-hydroxylation sites is 1. The topological polar surface area (TPSA) is 47.2 Å². The first-order valence-corrected chi connectivity index (χ1v) is 8.72. The molecule has 0 N–H and O–H groups in total. The van der Waals surface area contributed by atoms with E-state index >= 15 is 0 Å². The van der Waals surface area contributed by atoms with E-state index < -0.39 is 17.3 Å². The quantitative estimate of drug-likeness (QED) is 0.462. The van der Waals surface area contributed by atoms with Gasteiger partial charge in [0.2, 0.25) is 0 Å². The molecule has 0 unspecified atom stereocenters. The first kappa shape index (κ1) is 18.6. The standard InChI is InChI=1S/C22H14F3N3O/c23-22(24,25)17-10-6-9-16(13-17)20-27-19-12-5-4-11-18(19)21(29)28(20)26-14-15-7-2-1-3-8-15/h1-14H. The Bertz CT molecular complexity index is 1260. The summed E-state index contributed by atoms with van der Waals surface area (Å²) in [6, 6.07) is 20.4. The molecule has 0 amide bonds. The van der Waals surface area contributed by atoms with Crippen molar-refractivity contribution >= 4 is 17.1 Å². The lowest BCUT2D eigenvalue weighted by Gasteiger charge is -2.12. The van der Waals surface area contributed by atoms with Crippen molar-refractivity contribution in [1.29, 1.82) is 0 Å². The lowest BCUT2D eigenvalue weighted by molar-refractivity contribution is -0.137. The molecule has 4 aromatic rings. The number of hydrogen-bond acceptors (Lipinski definition) is 3. The van der Waals surface area contributed by atoms with Gasteiger partial charge in [-0.3, -0.25) is 4.79 Å². The Balaban J connectivity index is 1.95. The van der Waals surface area contributed by atoms with Crippen LogP contribution in [0.3, 0.4) is 0 Å². The van der Waals surface area contributed by atoms with E-state index in [1.165, 1.54) is 18.3 Å². The van der Waals surface area contributed by atoms with Crippen LogP contribution in [0.25, 0.3) is 22.3 Å². The zero-order chi connectivity index (χ0) is 20.4. The molecule has 0 aliphatic carbocycles. The van der Waals surface area contributed by atoms with Gasteiger partial charge in [-0.15, -0.1) is 0 Å². The van der Waals surface area contributed by atoms with Crippen LogP contribution in [-0.4, -0.2) is 15.9 Å². The number of rotatable bonds is 3. The van der Waals surface area contributed by atoms with Gasteiger partial charge in [-0.25, -0.2) is 4.98 Å². The molecular weight excluding hydrogens is 379 g/mol. The Morgan fingerprint density at radius 2 is 1.62 bits per heavy atom. The molecule has 0 radical (unpaired) electrons. The van der Waals surface area contributed by atoms with Crippen LogP contribution in [0.4, 0.5) is 13.2 Å². The van der Waals surface area contributed by atoms with E-state index in [2.05, 4.69) is 10.1 Å². The largest absolute Gasteiger partial charge is 0.416 e. The van der Waals surface area contributed by atoms with Crippen LogP contribution in [0, 0.1) is 0 Å². The average Bonchev–Trinajstić information content (AvgIpc) is 2.73. The van der Waals surface area contributed by atoms with Gasteiger partial charge in [0.1, 0.15) is 0 Å². The van der Waals surface area contributed by atoms with Gasteiger partial charge in [0.15, 0.2) is 5.82 Å². The maximum atomic E-state index is 13.2. The fourth-order valence-corrected chi connectivity index (χ4v) is 2.92. The van der Waals surface area contributed by atoms with Crippen molar-refractivity contribution in [3.05, 3.63) is 100 Å². The molecule has 4 rings (SSSR count). The van der Waals surface area contributed by atoms with Crippen molar-refractivity contribution in [3.63, 3.8) is 0 Å². The predicted molar refractivity (Wildman–Crippen MR) is 106 cm³/mol. The van der Waals surface area contributed by atoms with Gasteiger partial charge in [-0.05, 0) is 29.8 Å². The fraction of sp³-hybridized carbons (Fsp3) is 0.0455. The summed E-state index contributed by atoms with van der Waals surface area (Å²) in [4.78, 5) is 17.4. The Hall–Kier alpha value is -3.74. The number of benzene rings is 3. The second-order valence-electron chi connectivity index (χ2n) is 6.30. The number of fused-ring (bicyclic) bond motifs is 1. The molecule has 0 fully saturated rings. The smallest absolute Gasteiger partial charge is 0.267 e. The Labute approximate surface area is 163 Å². The van der Waals surface area contributed by atoms with Crippen LogP contribution in [-0.2, 0) is 6.18 Å². The summed E-state index contributed by atoms with van der Waals surface area (Å²) in [5.74, 6) is 0.0342. The highest BCUT2D eigenvalue weighted by Crippen LogP contribution is 2.31. The lowest BCUT2D eigenvalue weighted by Crippen LogP contribution is -2.20. The summed E-state index contributed by atoms with van der Waals surface area (Å²) in [7, 11) is 0. The molecule has 0 saturated heterocycles. The molecule has 1 heterocycles. The summed E-state index contributed by atoms with van der Waals surface area (Å²) >= 11 is 0. The maximum Gasteiger partial charge on any atom is 0.416 e. The average molecular weight is 393 g/mol. The SMILES string of the molecule is O=c1c2ccccc2nc(-c2cccc(C(F)(F)F)c2)n1N=Cc1ccccc1. The van der Waals surface area contributed by atoms with Gasteiger partial charge in [0.05, 0.1) is 22.7 Å². The summed E-state index contributed by atoms with van der Waals surface area (Å²) in [6.45, 7) is 0. The van der Waals surface area contributed by atoms with E-state index in [1.54, 1.807) is 36.4 Å².